The number of furan rings is 1. The van der Waals surface area contributed by atoms with Gasteiger partial charge in [0, 0.05) is 32.2 Å². The minimum absolute atomic E-state index is 0.0334. The maximum atomic E-state index is 6.42. The van der Waals surface area contributed by atoms with E-state index in [1.54, 1.807) is 0 Å². The van der Waals surface area contributed by atoms with Crippen molar-refractivity contribution in [2.24, 2.45) is 0 Å². The maximum absolute atomic E-state index is 6.42. The molecular formula is C27H21BrN2O. The van der Waals surface area contributed by atoms with E-state index in [2.05, 4.69) is 95.9 Å². The van der Waals surface area contributed by atoms with E-state index in [9.17, 15) is 0 Å². The highest BCUT2D eigenvalue weighted by Crippen LogP contribution is 2.40. The molecule has 3 aromatic heterocycles. The second-order valence-corrected chi connectivity index (χ2v) is 10.0. The molecule has 0 radical (unpaired) electrons. The number of pyridine rings is 1. The van der Waals surface area contributed by atoms with Crippen molar-refractivity contribution in [3.63, 3.8) is 0 Å². The highest BCUT2D eigenvalue weighted by atomic mass is 79.9. The van der Waals surface area contributed by atoms with Crippen molar-refractivity contribution in [3.8, 4) is 5.82 Å². The molecule has 0 unspecified atom stereocenters. The van der Waals surface area contributed by atoms with Crippen molar-refractivity contribution >= 4 is 59.7 Å². The summed E-state index contributed by atoms with van der Waals surface area (Å²) in [6.07, 6.45) is 1.91. The van der Waals surface area contributed by atoms with Gasteiger partial charge in [-0.2, -0.15) is 0 Å². The lowest BCUT2D eigenvalue weighted by Crippen LogP contribution is -2.12. The van der Waals surface area contributed by atoms with E-state index in [4.69, 9.17) is 9.40 Å². The van der Waals surface area contributed by atoms with Crippen LogP contribution in [0.3, 0.4) is 0 Å². The molecule has 3 heterocycles. The highest BCUT2D eigenvalue weighted by Gasteiger charge is 2.21. The first-order chi connectivity index (χ1) is 14.9. The fraction of sp³-hybridized carbons (Fsp3) is 0.148. The SMILES string of the molecule is CC(C)(C)c1ccnc(-n2c3cc(Br)ccc3c3ccc4c5ccccc5oc4c32)c1. The number of para-hydroxylation sites is 1. The van der Waals surface area contributed by atoms with Crippen LogP contribution < -0.4 is 0 Å². The number of hydrogen-bond acceptors (Lipinski definition) is 2. The van der Waals surface area contributed by atoms with Crippen molar-refractivity contribution in [1.82, 2.24) is 9.55 Å². The lowest BCUT2D eigenvalue weighted by molar-refractivity contribution is 0.588. The Kier molecular flexibility index (Phi) is 3.87. The smallest absolute Gasteiger partial charge is 0.160 e. The predicted molar refractivity (Wildman–Crippen MR) is 132 cm³/mol. The van der Waals surface area contributed by atoms with Gasteiger partial charge in [0.1, 0.15) is 11.4 Å². The minimum Gasteiger partial charge on any atom is -0.454 e. The van der Waals surface area contributed by atoms with Gasteiger partial charge in [-0.05, 0) is 47.4 Å². The number of aromatic nitrogens is 2. The Hall–Kier alpha value is -3.11. The van der Waals surface area contributed by atoms with Crippen molar-refractivity contribution in [3.05, 3.63) is 83.0 Å². The quantitative estimate of drug-likeness (QED) is 0.243. The van der Waals surface area contributed by atoms with E-state index in [1.807, 2.05) is 18.3 Å². The summed E-state index contributed by atoms with van der Waals surface area (Å²) in [4.78, 5) is 4.79. The zero-order valence-corrected chi connectivity index (χ0v) is 19.2. The lowest BCUT2D eigenvalue weighted by Gasteiger charge is -2.20. The van der Waals surface area contributed by atoms with Crippen LogP contribution >= 0.6 is 15.9 Å². The Bertz CT molecular complexity index is 1630. The zero-order chi connectivity index (χ0) is 21.3. The van der Waals surface area contributed by atoms with E-state index < -0.39 is 0 Å². The molecule has 0 amide bonds. The van der Waals surface area contributed by atoms with E-state index >= 15 is 0 Å². The number of hydrogen-bond donors (Lipinski definition) is 0. The minimum atomic E-state index is 0.0334. The Morgan fingerprint density at radius 2 is 1.61 bits per heavy atom. The van der Waals surface area contributed by atoms with Crippen LogP contribution in [0.15, 0.2) is 81.8 Å². The number of rotatable bonds is 1. The number of fused-ring (bicyclic) bond motifs is 7. The summed E-state index contributed by atoms with van der Waals surface area (Å²) in [6.45, 7) is 6.68. The lowest BCUT2D eigenvalue weighted by atomic mass is 9.88. The second-order valence-electron chi connectivity index (χ2n) is 9.09. The molecule has 0 fully saturated rings. The van der Waals surface area contributed by atoms with Crippen molar-refractivity contribution in [1.29, 1.82) is 0 Å². The van der Waals surface area contributed by atoms with Crippen molar-refractivity contribution < 1.29 is 4.42 Å². The molecular weight excluding hydrogens is 448 g/mol. The first-order valence-electron chi connectivity index (χ1n) is 10.4. The molecule has 152 valence electrons. The van der Waals surface area contributed by atoms with Crippen LogP contribution in [-0.2, 0) is 5.41 Å². The number of benzene rings is 3. The molecule has 4 heteroatoms. The third kappa shape index (κ3) is 2.75. The molecule has 0 bridgehead atoms. The van der Waals surface area contributed by atoms with Crippen LogP contribution in [0.5, 0.6) is 0 Å². The average Bonchev–Trinajstić information content (AvgIpc) is 3.28. The van der Waals surface area contributed by atoms with Crippen LogP contribution in [0.2, 0.25) is 0 Å². The van der Waals surface area contributed by atoms with Crippen LogP contribution in [-0.4, -0.2) is 9.55 Å². The topological polar surface area (TPSA) is 31.0 Å². The average molecular weight is 469 g/mol. The number of nitrogens with zero attached hydrogens (tertiary/aromatic N) is 2. The normalized spacial score (nSPS) is 12.5. The largest absolute Gasteiger partial charge is 0.454 e. The van der Waals surface area contributed by atoms with E-state index in [0.29, 0.717) is 0 Å². The van der Waals surface area contributed by atoms with Gasteiger partial charge in [-0.25, -0.2) is 4.98 Å². The summed E-state index contributed by atoms with van der Waals surface area (Å²) in [5.74, 6) is 0.901. The molecule has 0 aliphatic rings. The van der Waals surface area contributed by atoms with Crippen LogP contribution in [0.4, 0.5) is 0 Å². The second kappa shape index (κ2) is 6.44. The van der Waals surface area contributed by atoms with Gasteiger partial charge in [-0.3, -0.25) is 4.57 Å². The summed E-state index contributed by atoms with van der Waals surface area (Å²) in [5.41, 5.74) is 5.25. The fourth-order valence-electron chi connectivity index (χ4n) is 4.50. The molecule has 31 heavy (non-hydrogen) atoms. The first kappa shape index (κ1) is 18.6. The van der Waals surface area contributed by atoms with Gasteiger partial charge in [0.05, 0.1) is 11.0 Å². The Labute approximate surface area is 188 Å². The molecule has 0 spiro atoms. The monoisotopic (exact) mass is 468 g/mol. The number of halogens is 1. The Morgan fingerprint density at radius 1 is 0.839 bits per heavy atom. The molecule has 6 aromatic rings. The van der Waals surface area contributed by atoms with Gasteiger partial charge in [0.25, 0.3) is 0 Å². The molecule has 0 aliphatic heterocycles. The summed E-state index contributed by atoms with van der Waals surface area (Å²) in [5, 5.41) is 4.60. The molecule has 0 saturated carbocycles. The molecule has 0 saturated heterocycles. The van der Waals surface area contributed by atoms with Crippen LogP contribution in [0, 0.1) is 0 Å². The fourth-order valence-corrected chi connectivity index (χ4v) is 4.85. The highest BCUT2D eigenvalue weighted by molar-refractivity contribution is 9.10. The first-order valence-corrected chi connectivity index (χ1v) is 11.2. The van der Waals surface area contributed by atoms with Crippen molar-refractivity contribution in [2.45, 2.75) is 26.2 Å². The summed E-state index contributed by atoms with van der Waals surface area (Å²) in [7, 11) is 0. The third-order valence-electron chi connectivity index (χ3n) is 6.08. The van der Waals surface area contributed by atoms with E-state index in [0.717, 1.165) is 48.6 Å². The van der Waals surface area contributed by atoms with Gasteiger partial charge < -0.3 is 4.42 Å². The van der Waals surface area contributed by atoms with Gasteiger partial charge >= 0.3 is 0 Å². The summed E-state index contributed by atoms with van der Waals surface area (Å²) in [6, 6.07) is 23.3. The summed E-state index contributed by atoms with van der Waals surface area (Å²) < 4.78 is 9.71. The third-order valence-corrected chi connectivity index (χ3v) is 6.57. The summed E-state index contributed by atoms with van der Waals surface area (Å²) >= 11 is 3.66. The van der Waals surface area contributed by atoms with Crippen LogP contribution in [0.25, 0.3) is 49.6 Å². The van der Waals surface area contributed by atoms with Crippen molar-refractivity contribution in [2.75, 3.05) is 0 Å². The Morgan fingerprint density at radius 3 is 2.45 bits per heavy atom. The molecule has 3 nitrogen and oxygen atoms in total. The molecule has 0 atom stereocenters. The molecule has 6 rings (SSSR count). The van der Waals surface area contributed by atoms with Gasteiger partial charge in [-0.15, -0.1) is 0 Å². The van der Waals surface area contributed by atoms with Gasteiger partial charge in [0.2, 0.25) is 0 Å². The van der Waals surface area contributed by atoms with Crippen LogP contribution in [0.1, 0.15) is 26.3 Å². The van der Waals surface area contributed by atoms with E-state index in [-0.39, 0.29) is 5.41 Å². The van der Waals surface area contributed by atoms with Gasteiger partial charge in [0.15, 0.2) is 5.58 Å². The molecule has 3 aromatic carbocycles. The zero-order valence-electron chi connectivity index (χ0n) is 17.6. The van der Waals surface area contributed by atoms with E-state index in [1.165, 1.54) is 10.9 Å². The molecule has 0 aliphatic carbocycles. The predicted octanol–water partition coefficient (Wildman–Crippen LogP) is 8.14. The molecule has 0 N–H and O–H groups in total. The maximum Gasteiger partial charge on any atom is 0.160 e. The Balaban J connectivity index is 1.83. The van der Waals surface area contributed by atoms with Gasteiger partial charge in [-0.1, -0.05) is 67.0 Å². The standard InChI is InChI=1S/C27H21BrN2O/c1-27(2,3)16-12-13-29-24(14-16)30-22-15-17(28)8-9-18(22)20-10-11-21-19-6-4-5-7-23(19)31-26(21)25(20)30/h4-15H,1-3H3.